The van der Waals surface area contributed by atoms with Gasteiger partial charge in [0.1, 0.15) is 5.82 Å². The number of para-hydroxylation sites is 1. The van der Waals surface area contributed by atoms with Crippen molar-refractivity contribution in [2.45, 2.75) is 6.18 Å². The number of aromatic nitrogens is 2. The minimum Gasteiger partial charge on any atom is -0.465 e. The molecule has 3 aromatic rings. The zero-order chi connectivity index (χ0) is 23.2. The summed E-state index contributed by atoms with van der Waals surface area (Å²) in [4.78, 5) is 31.3. The monoisotopic (exact) mass is 530 g/mol. The van der Waals surface area contributed by atoms with Crippen LogP contribution in [0.15, 0.2) is 45.7 Å². The molecular formula is C20H15BrClF3N4O3. The lowest BCUT2D eigenvalue weighted by atomic mass is 10.1. The van der Waals surface area contributed by atoms with Crippen molar-refractivity contribution in [2.75, 3.05) is 31.1 Å². The third-order valence-electron chi connectivity index (χ3n) is 5.21. The summed E-state index contributed by atoms with van der Waals surface area (Å²) in [5.41, 5.74) is -2.02. The largest absolute Gasteiger partial charge is 0.465 e. The van der Waals surface area contributed by atoms with Crippen molar-refractivity contribution in [2.24, 2.45) is 0 Å². The third kappa shape index (κ3) is 4.02. The van der Waals surface area contributed by atoms with Crippen LogP contribution in [0.2, 0.25) is 5.02 Å². The minimum atomic E-state index is -4.68. The van der Waals surface area contributed by atoms with Crippen molar-refractivity contribution in [3.63, 3.8) is 0 Å². The summed E-state index contributed by atoms with van der Waals surface area (Å²) in [6.07, 6.45) is -5.73. The first-order valence-electron chi connectivity index (χ1n) is 9.39. The van der Waals surface area contributed by atoms with Crippen LogP contribution < -0.4 is 10.6 Å². The normalized spacial score (nSPS) is 14.8. The highest BCUT2D eigenvalue weighted by Crippen LogP contribution is 2.37. The van der Waals surface area contributed by atoms with E-state index in [1.54, 1.807) is 4.90 Å². The fourth-order valence-electron chi connectivity index (χ4n) is 3.70. The molecule has 1 amide bonds. The van der Waals surface area contributed by atoms with Gasteiger partial charge in [-0.2, -0.15) is 18.2 Å². The van der Waals surface area contributed by atoms with E-state index in [1.807, 2.05) is 0 Å². The summed E-state index contributed by atoms with van der Waals surface area (Å²) in [5, 5.41) is 9.82. The molecule has 1 N–H and O–H groups in total. The lowest BCUT2D eigenvalue weighted by Gasteiger charge is -2.34. The van der Waals surface area contributed by atoms with Crippen LogP contribution in [0.25, 0.3) is 16.6 Å². The molecule has 0 bridgehead atoms. The van der Waals surface area contributed by atoms with E-state index >= 15 is 0 Å². The maximum absolute atomic E-state index is 13.7. The van der Waals surface area contributed by atoms with Crippen molar-refractivity contribution in [3.05, 3.63) is 61.9 Å². The Morgan fingerprint density at radius 2 is 1.78 bits per heavy atom. The van der Waals surface area contributed by atoms with Crippen LogP contribution in [0.3, 0.4) is 0 Å². The number of piperazine rings is 1. The van der Waals surface area contributed by atoms with E-state index in [2.05, 4.69) is 20.9 Å². The van der Waals surface area contributed by atoms with Gasteiger partial charge in [-0.1, -0.05) is 23.7 Å². The molecule has 1 aliphatic rings. The molecule has 0 unspecified atom stereocenters. The van der Waals surface area contributed by atoms with Crippen LogP contribution in [0.4, 0.5) is 23.8 Å². The van der Waals surface area contributed by atoms with E-state index in [0.29, 0.717) is 14.9 Å². The number of benzene rings is 2. The Bertz CT molecular complexity index is 1270. The Kier molecular flexibility index (Phi) is 5.80. The van der Waals surface area contributed by atoms with Crippen molar-refractivity contribution in [1.82, 2.24) is 14.5 Å². The highest BCUT2D eigenvalue weighted by Gasteiger charge is 2.35. The lowest BCUT2D eigenvalue weighted by molar-refractivity contribution is -0.137. The quantitative estimate of drug-likeness (QED) is 0.522. The summed E-state index contributed by atoms with van der Waals surface area (Å²) in [7, 11) is 0. The van der Waals surface area contributed by atoms with E-state index in [1.165, 1.54) is 35.2 Å². The second-order valence-corrected chi connectivity index (χ2v) is 8.37. The van der Waals surface area contributed by atoms with E-state index in [0.717, 1.165) is 10.6 Å². The molecule has 12 heteroatoms. The molecule has 1 saturated heterocycles. The summed E-state index contributed by atoms with van der Waals surface area (Å²) in [5.74, 6) is 0.241. The molecule has 2 aromatic carbocycles. The number of rotatable bonds is 2. The first-order valence-corrected chi connectivity index (χ1v) is 10.6. The molecule has 0 saturated carbocycles. The van der Waals surface area contributed by atoms with Gasteiger partial charge in [0.05, 0.1) is 21.8 Å². The number of fused-ring (bicyclic) bond motifs is 1. The predicted octanol–water partition coefficient (Wildman–Crippen LogP) is 4.62. The molecule has 32 heavy (non-hydrogen) atoms. The highest BCUT2D eigenvalue weighted by atomic mass is 79.9. The summed E-state index contributed by atoms with van der Waals surface area (Å²) >= 11 is 9.53. The zero-order valence-corrected chi connectivity index (χ0v) is 18.6. The van der Waals surface area contributed by atoms with Crippen LogP contribution in [0, 0.1) is 0 Å². The Balaban J connectivity index is 1.95. The number of anilines is 1. The molecule has 4 rings (SSSR count). The Hall–Kier alpha value is -2.79. The van der Waals surface area contributed by atoms with Gasteiger partial charge in [0.25, 0.3) is 0 Å². The maximum atomic E-state index is 13.7. The van der Waals surface area contributed by atoms with Gasteiger partial charge in [-0.15, -0.1) is 0 Å². The van der Waals surface area contributed by atoms with E-state index in [9.17, 15) is 22.8 Å². The fraction of sp³-hybridized carbons (Fsp3) is 0.250. The van der Waals surface area contributed by atoms with Crippen LogP contribution >= 0.6 is 27.5 Å². The SMILES string of the molecule is O=C(O)N1CCN(c2nc(=O)n(-c3ccccc3C(F)(F)F)c3cc(Br)c(Cl)cc23)CC1. The Morgan fingerprint density at radius 3 is 2.41 bits per heavy atom. The van der Waals surface area contributed by atoms with E-state index in [4.69, 9.17) is 16.7 Å². The van der Waals surface area contributed by atoms with Gasteiger partial charge in [0.2, 0.25) is 0 Å². The summed E-state index contributed by atoms with van der Waals surface area (Å²) in [6, 6.07) is 7.77. The second kappa shape index (κ2) is 8.28. The Morgan fingerprint density at radius 1 is 1.12 bits per heavy atom. The van der Waals surface area contributed by atoms with Crippen molar-refractivity contribution < 1.29 is 23.1 Å². The van der Waals surface area contributed by atoms with Crippen molar-refractivity contribution in [3.8, 4) is 5.69 Å². The van der Waals surface area contributed by atoms with Crippen molar-refractivity contribution in [1.29, 1.82) is 0 Å². The average Bonchev–Trinajstić information content (AvgIpc) is 2.74. The van der Waals surface area contributed by atoms with Gasteiger partial charge in [0.15, 0.2) is 0 Å². The summed E-state index contributed by atoms with van der Waals surface area (Å²) in [6.45, 7) is 0.931. The lowest BCUT2D eigenvalue weighted by Crippen LogP contribution is -2.49. The van der Waals surface area contributed by atoms with E-state index in [-0.39, 0.29) is 43.2 Å². The average molecular weight is 532 g/mol. The molecule has 1 aliphatic heterocycles. The molecule has 0 radical (unpaired) electrons. The Labute approximate surface area is 192 Å². The summed E-state index contributed by atoms with van der Waals surface area (Å²) < 4.78 is 42.3. The predicted molar refractivity (Wildman–Crippen MR) is 117 cm³/mol. The number of hydrogen-bond acceptors (Lipinski definition) is 4. The van der Waals surface area contributed by atoms with Crippen LogP contribution in [0.1, 0.15) is 5.56 Å². The van der Waals surface area contributed by atoms with Gasteiger partial charge in [-0.3, -0.25) is 4.57 Å². The molecule has 0 atom stereocenters. The van der Waals surface area contributed by atoms with Crippen LogP contribution in [-0.4, -0.2) is 51.8 Å². The number of carbonyl (C=O) groups is 1. The van der Waals surface area contributed by atoms with Gasteiger partial charge in [0, 0.05) is 36.0 Å². The van der Waals surface area contributed by atoms with Crippen LogP contribution in [-0.2, 0) is 6.18 Å². The number of carboxylic acid groups (broad SMARTS) is 1. The standard InChI is InChI=1S/C20H15BrClF3N4O3/c21-13-10-16-11(9-14(13)22)17(27-5-7-28(8-6-27)19(31)32)26-18(30)29(16)15-4-2-1-3-12(15)20(23,24)25/h1-4,9-10H,5-8H2,(H,31,32). The van der Waals surface area contributed by atoms with Gasteiger partial charge in [-0.05, 0) is 40.2 Å². The second-order valence-electron chi connectivity index (χ2n) is 7.11. The third-order valence-corrected chi connectivity index (χ3v) is 6.41. The van der Waals surface area contributed by atoms with Gasteiger partial charge >= 0.3 is 18.0 Å². The highest BCUT2D eigenvalue weighted by molar-refractivity contribution is 9.10. The molecule has 7 nitrogen and oxygen atoms in total. The number of alkyl halides is 3. The zero-order valence-electron chi connectivity index (χ0n) is 16.2. The maximum Gasteiger partial charge on any atom is 0.418 e. The number of halogens is 5. The van der Waals surface area contributed by atoms with Crippen molar-refractivity contribution >= 4 is 50.3 Å². The number of hydrogen-bond donors (Lipinski definition) is 1. The molecule has 0 spiro atoms. The smallest absolute Gasteiger partial charge is 0.418 e. The van der Waals surface area contributed by atoms with Gasteiger partial charge < -0.3 is 14.9 Å². The molecule has 2 heterocycles. The van der Waals surface area contributed by atoms with Gasteiger partial charge in [-0.25, -0.2) is 9.59 Å². The minimum absolute atomic E-state index is 0.189. The first kappa shape index (κ1) is 22.4. The van der Waals surface area contributed by atoms with Crippen LogP contribution in [0.5, 0.6) is 0 Å². The molecule has 0 aliphatic carbocycles. The molecule has 1 aromatic heterocycles. The molecule has 1 fully saturated rings. The van der Waals surface area contributed by atoms with E-state index < -0.39 is 23.5 Å². The number of amides is 1. The molecule has 168 valence electrons. The molecular weight excluding hydrogens is 517 g/mol. The number of nitrogens with zero attached hydrogens (tertiary/aromatic N) is 4. The fourth-order valence-corrected chi connectivity index (χ4v) is 4.19. The topological polar surface area (TPSA) is 78.7 Å². The first-order chi connectivity index (χ1) is 15.1.